The Balaban J connectivity index is 5.44. The van der Waals surface area contributed by atoms with Crippen LogP contribution >= 0.6 is 0 Å². The van der Waals surface area contributed by atoms with Crippen molar-refractivity contribution in [2.75, 3.05) is 0 Å². The van der Waals surface area contributed by atoms with Crippen LogP contribution in [0.5, 0.6) is 0 Å². The molecule has 0 fully saturated rings. The van der Waals surface area contributed by atoms with Gasteiger partial charge in [0, 0.05) is 5.41 Å². The first-order valence-corrected chi connectivity index (χ1v) is 7.31. The molecule has 0 aliphatic carbocycles. The minimum absolute atomic E-state index is 0.347. The van der Waals surface area contributed by atoms with E-state index in [1.165, 1.54) is 19.9 Å². The largest absolute Gasteiger partial charge is 0.459 e. The molecule has 3 nitrogen and oxygen atoms in total. The molecule has 0 aromatic rings. The molecular formula is C16H28F3NO2. The van der Waals surface area contributed by atoms with Crippen LogP contribution in [0.1, 0.15) is 48.5 Å². The fourth-order valence-corrected chi connectivity index (χ4v) is 1.93. The molecule has 22 heavy (non-hydrogen) atoms. The zero-order valence-electron chi connectivity index (χ0n) is 14.5. The van der Waals surface area contributed by atoms with E-state index < -0.39 is 35.2 Å². The molecular weight excluding hydrogens is 295 g/mol. The van der Waals surface area contributed by atoms with Gasteiger partial charge in [0.05, 0.1) is 0 Å². The SMILES string of the molecule is C=CC(C)(C)[C@@H](N[C@H](C(=O)OC(C)(C)C)C(C)C)C(F)(F)F. The number of hydrogen-bond donors (Lipinski definition) is 1. The minimum Gasteiger partial charge on any atom is -0.459 e. The van der Waals surface area contributed by atoms with Gasteiger partial charge in [0.25, 0.3) is 0 Å². The number of alkyl halides is 3. The van der Waals surface area contributed by atoms with Gasteiger partial charge in [0.15, 0.2) is 0 Å². The minimum atomic E-state index is -4.51. The second kappa shape index (κ2) is 7.02. The zero-order chi connectivity index (χ0) is 17.9. The van der Waals surface area contributed by atoms with E-state index in [0.29, 0.717) is 0 Å². The van der Waals surface area contributed by atoms with Crippen LogP contribution in [0.4, 0.5) is 13.2 Å². The van der Waals surface area contributed by atoms with E-state index in [-0.39, 0.29) is 5.92 Å². The van der Waals surface area contributed by atoms with Gasteiger partial charge in [0.1, 0.15) is 17.7 Å². The van der Waals surface area contributed by atoms with Crippen LogP contribution in [-0.2, 0) is 9.53 Å². The van der Waals surface area contributed by atoms with Gasteiger partial charge in [-0.2, -0.15) is 13.2 Å². The van der Waals surface area contributed by atoms with Crippen LogP contribution in [0.25, 0.3) is 0 Å². The lowest BCUT2D eigenvalue weighted by Crippen LogP contribution is -2.58. The smallest absolute Gasteiger partial charge is 0.404 e. The lowest BCUT2D eigenvalue weighted by atomic mass is 9.83. The van der Waals surface area contributed by atoms with Crippen LogP contribution in [0.3, 0.4) is 0 Å². The lowest BCUT2D eigenvalue weighted by Gasteiger charge is -2.37. The fourth-order valence-electron chi connectivity index (χ4n) is 1.93. The van der Waals surface area contributed by atoms with Gasteiger partial charge in [-0.15, -0.1) is 6.58 Å². The third-order valence-electron chi connectivity index (χ3n) is 3.27. The molecule has 0 aromatic carbocycles. The third kappa shape index (κ3) is 6.38. The predicted molar refractivity (Wildman–Crippen MR) is 81.4 cm³/mol. The van der Waals surface area contributed by atoms with Gasteiger partial charge in [-0.25, -0.2) is 0 Å². The number of esters is 1. The first-order valence-electron chi connectivity index (χ1n) is 7.31. The normalized spacial score (nSPS) is 16.3. The summed E-state index contributed by atoms with van der Waals surface area (Å²) >= 11 is 0. The molecule has 0 aliphatic heterocycles. The van der Waals surface area contributed by atoms with E-state index in [9.17, 15) is 18.0 Å². The number of carbonyl (C=O) groups is 1. The van der Waals surface area contributed by atoms with Crippen LogP contribution in [0.15, 0.2) is 12.7 Å². The molecule has 0 unspecified atom stereocenters. The van der Waals surface area contributed by atoms with Crippen molar-refractivity contribution in [2.45, 2.75) is 72.3 Å². The number of rotatable bonds is 6. The van der Waals surface area contributed by atoms with E-state index in [2.05, 4.69) is 11.9 Å². The molecule has 0 radical (unpaired) electrons. The van der Waals surface area contributed by atoms with E-state index >= 15 is 0 Å². The first-order chi connectivity index (χ1) is 9.62. The molecule has 1 N–H and O–H groups in total. The quantitative estimate of drug-likeness (QED) is 0.591. The molecule has 0 rings (SSSR count). The van der Waals surface area contributed by atoms with Crippen molar-refractivity contribution in [1.29, 1.82) is 0 Å². The number of nitrogens with one attached hydrogen (secondary N) is 1. The van der Waals surface area contributed by atoms with Gasteiger partial charge in [0.2, 0.25) is 0 Å². The average Bonchev–Trinajstić information content (AvgIpc) is 2.24. The Kier molecular flexibility index (Phi) is 6.69. The van der Waals surface area contributed by atoms with Crippen LogP contribution < -0.4 is 5.32 Å². The number of ether oxygens (including phenoxy) is 1. The Morgan fingerprint density at radius 3 is 1.86 bits per heavy atom. The molecule has 0 spiro atoms. The summed E-state index contributed by atoms with van der Waals surface area (Å²) in [6, 6.07) is -2.94. The number of carbonyl (C=O) groups excluding carboxylic acids is 1. The second-order valence-corrected chi connectivity index (χ2v) is 7.42. The highest BCUT2D eigenvalue weighted by Gasteiger charge is 2.49. The summed E-state index contributed by atoms with van der Waals surface area (Å²) in [5, 5.41) is 2.44. The maximum atomic E-state index is 13.4. The van der Waals surface area contributed by atoms with E-state index in [1.807, 2.05) is 0 Å². The van der Waals surface area contributed by atoms with Crippen molar-refractivity contribution in [3.63, 3.8) is 0 Å². The summed E-state index contributed by atoms with van der Waals surface area (Å²) < 4.78 is 45.3. The molecule has 0 saturated carbocycles. The Bertz CT molecular complexity index is 395. The monoisotopic (exact) mass is 323 g/mol. The Morgan fingerprint density at radius 2 is 1.59 bits per heavy atom. The van der Waals surface area contributed by atoms with Crippen molar-refractivity contribution in [3.05, 3.63) is 12.7 Å². The van der Waals surface area contributed by atoms with Crippen molar-refractivity contribution in [1.82, 2.24) is 5.32 Å². The van der Waals surface area contributed by atoms with Gasteiger partial charge >= 0.3 is 12.1 Å². The van der Waals surface area contributed by atoms with E-state index in [0.717, 1.165) is 0 Å². The third-order valence-corrected chi connectivity index (χ3v) is 3.27. The molecule has 130 valence electrons. The molecule has 0 bridgehead atoms. The number of halogens is 3. The van der Waals surface area contributed by atoms with E-state index in [1.54, 1.807) is 34.6 Å². The molecule has 0 saturated heterocycles. The maximum Gasteiger partial charge on any atom is 0.404 e. The first kappa shape index (κ1) is 21.0. The summed E-state index contributed by atoms with van der Waals surface area (Å²) in [5.41, 5.74) is -2.01. The van der Waals surface area contributed by atoms with Gasteiger partial charge in [-0.3, -0.25) is 10.1 Å². The average molecular weight is 323 g/mol. The summed E-state index contributed by atoms with van der Waals surface area (Å²) in [6.07, 6.45) is -3.27. The summed E-state index contributed by atoms with van der Waals surface area (Å²) in [5.74, 6) is -1.03. The van der Waals surface area contributed by atoms with Crippen LogP contribution in [0.2, 0.25) is 0 Å². The topological polar surface area (TPSA) is 38.3 Å². The second-order valence-electron chi connectivity index (χ2n) is 7.42. The molecule has 6 heteroatoms. The van der Waals surface area contributed by atoms with Gasteiger partial charge in [-0.1, -0.05) is 33.8 Å². The molecule has 0 aromatic heterocycles. The highest BCUT2D eigenvalue weighted by Crippen LogP contribution is 2.35. The fraction of sp³-hybridized carbons (Fsp3) is 0.812. The molecule has 0 heterocycles. The van der Waals surface area contributed by atoms with Gasteiger partial charge < -0.3 is 4.74 Å². The van der Waals surface area contributed by atoms with Crippen molar-refractivity contribution in [2.24, 2.45) is 11.3 Å². The summed E-state index contributed by atoms with van der Waals surface area (Å²) in [6.45, 7) is 14.7. The van der Waals surface area contributed by atoms with E-state index in [4.69, 9.17) is 4.74 Å². The summed E-state index contributed by atoms with van der Waals surface area (Å²) in [7, 11) is 0. The standard InChI is InChI=1S/C16H28F3NO2/c1-9-15(7,8)13(16(17,18)19)20-11(10(2)3)12(21)22-14(4,5)6/h9-11,13,20H,1H2,2-8H3/t11-,13+/m0/s1. The maximum absolute atomic E-state index is 13.4. The van der Waals surface area contributed by atoms with Crippen LogP contribution in [-0.4, -0.2) is 29.8 Å². The van der Waals surface area contributed by atoms with Crippen molar-refractivity contribution >= 4 is 5.97 Å². The highest BCUT2D eigenvalue weighted by atomic mass is 19.4. The highest BCUT2D eigenvalue weighted by molar-refractivity contribution is 5.76. The zero-order valence-corrected chi connectivity index (χ0v) is 14.5. The summed E-state index contributed by atoms with van der Waals surface area (Å²) in [4.78, 5) is 12.2. The van der Waals surface area contributed by atoms with Crippen molar-refractivity contribution in [3.8, 4) is 0 Å². The van der Waals surface area contributed by atoms with Crippen LogP contribution in [0, 0.1) is 11.3 Å². The predicted octanol–water partition coefficient (Wildman–Crippen LogP) is 4.09. The Hall–Kier alpha value is -1.04. The van der Waals surface area contributed by atoms with Crippen molar-refractivity contribution < 1.29 is 22.7 Å². The lowest BCUT2D eigenvalue weighted by molar-refractivity contribution is -0.182. The molecule has 2 atom stereocenters. The molecule has 0 amide bonds. The number of hydrogen-bond acceptors (Lipinski definition) is 3. The Labute approximate surface area is 131 Å². The van der Waals surface area contributed by atoms with Gasteiger partial charge in [-0.05, 0) is 26.7 Å². The Morgan fingerprint density at radius 1 is 1.14 bits per heavy atom. The molecule has 0 aliphatic rings.